The molecule has 0 unspecified atom stereocenters. The van der Waals surface area contributed by atoms with E-state index in [4.69, 9.17) is 5.73 Å². The van der Waals surface area contributed by atoms with E-state index >= 15 is 0 Å². The second-order valence-corrected chi connectivity index (χ2v) is 3.91. The van der Waals surface area contributed by atoms with Crippen LogP contribution < -0.4 is 11.1 Å². The standard InChI is InChI=1S/C13H16N4O/c14-6-1-7-15-11-8-16-13(17-9-11)10-2-4-12(18)5-3-10/h2-5,8-9,15,18H,1,6-7,14H2. The minimum absolute atomic E-state index is 0.235. The third-order valence-corrected chi connectivity index (χ3v) is 2.49. The average molecular weight is 244 g/mol. The Kier molecular flexibility index (Phi) is 4.09. The van der Waals surface area contributed by atoms with Crippen molar-refractivity contribution in [1.29, 1.82) is 0 Å². The van der Waals surface area contributed by atoms with Crippen molar-refractivity contribution in [2.24, 2.45) is 5.73 Å². The van der Waals surface area contributed by atoms with Crippen molar-refractivity contribution in [2.45, 2.75) is 6.42 Å². The van der Waals surface area contributed by atoms with Gasteiger partial charge in [0, 0.05) is 12.1 Å². The van der Waals surface area contributed by atoms with Crippen molar-refractivity contribution >= 4 is 5.69 Å². The van der Waals surface area contributed by atoms with Gasteiger partial charge in [0.15, 0.2) is 5.82 Å². The fourth-order valence-electron chi connectivity index (χ4n) is 1.51. The summed E-state index contributed by atoms with van der Waals surface area (Å²) < 4.78 is 0. The molecule has 5 nitrogen and oxygen atoms in total. The number of nitrogens with one attached hydrogen (secondary N) is 1. The summed E-state index contributed by atoms with van der Waals surface area (Å²) in [4.78, 5) is 8.54. The molecule has 4 N–H and O–H groups in total. The van der Waals surface area contributed by atoms with Crippen LogP contribution in [0.25, 0.3) is 11.4 Å². The molecule has 0 atom stereocenters. The Bertz CT molecular complexity index is 481. The van der Waals surface area contributed by atoms with Gasteiger partial charge in [0.25, 0.3) is 0 Å². The van der Waals surface area contributed by atoms with Crippen LogP contribution in [0.3, 0.4) is 0 Å². The van der Waals surface area contributed by atoms with Crippen molar-refractivity contribution in [3.05, 3.63) is 36.7 Å². The zero-order chi connectivity index (χ0) is 12.8. The number of benzene rings is 1. The van der Waals surface area contributed by atoms with Crippen LogP contribution in [0, 0.1) is 0 Å². The smallest absolute Gasteiger partial charge is 0.159 e. The van der Waals surface area contributed by atoms with Gasteiger partial charge in [-0.15, -0.1) is 0 Å². The zero-order valence-corrected chi connectivity index (χ0v) is 10.0. The molecule has 0 aliphatic heterocycles. The number of phenols is 1. The largest absolute Gasteiger partial charge is 0.508 e. The Hall–Kier alpha value is -2.14. The number of nitrogens with two attached hydrogens (primary N) is 1. The fourth-order valence-corrected chi connectivity index (χ4v) is 1.51. The predicted octanol–water partition coefficient (Wildman–Crippen LogP) is 1.61. The van der Waals surface area contributed by atoms with E-state index in [2.05, 4.69) is 15.3 Å². The van der Waals surface area contributed by atoms with Crippen LogP contribution >= 0.6 is 0 Å². The van der Waals surface area contributed by atoms with E-state index in [1.54, 1.807) is 36.7 Å². The van der Waals surface area contributed by atoms with E-state index in [0.717, 1.165) is 24.2 Å². The molecule has 1 aromatic carbocycles. The molecule has 0 spiro atoms. The summed E-state index contributed by atoms with van der Waals surface area (Å²) in [6.45, 7) is 1.48. The van der Waals surface area contributed by atoms with E-state index < -0.39 is 0 Å². The maximum Gasteiger partial charge on any atom is 0.159 e. The molecule has 0 aliphatic carbocycles. The third kappa shape index (κ3) is 3.18. The molecule has 2 aromatic rings. The molecule has 94 valence electrons. The van der Waals surface area contributed by atoms with E-state index in [0.29, 0.717) is 12.4 Å². The highest BCUT2D eigenvalue weighted by Gasteiger charge is 2.01. The normalized spacial score (nSPS) is 10.3. The summed E-state index contributed by atoms with van der Waals surface area (Å²) in [5, 5.41) is 12.4. The van der Waals surface area contributed by atoms with Crippen LogP contribution in [0.1, 0.15) is 6.42 Å². The van der Waals surface area contributed by atoms with E-state index in [1.807, 2.05) is 0 Å². The van der Waals surface area contributed by atoms with Gasteiger partial charge in [-0.1, -0.05) is 0 Å². The van der Waals surface area contributed by atoms with Crippen molar-refractivity contribution < 1.29 is 5.11 Å². The average Bonchev–Trinajstić information content (AvgIpc) is 2.41. The Morgan fingerprint density at radius 3 is 2.39 bits per heavy atom. The van der Waals surface area contributed by atoms with Gasteiger partial charge in [0.2, 0.25) is 0 Å². The van der Waals surface area contributed by atoms with E-state index in [9.17, 15) is 5.11 Å². The summed E-state index contributed by atoms with van der Waals surface area (Å²) in [5.41, 5.74) is 7.17. The monoisotopic (exact) mass is 244 g/mol. The molecule has 0 aliphatic rings. The Balaban J connectivity index is 2.05. The highest BCUT2D eigenvalue weighted by atomic mass is 16.3. The fraction of sp³-hybridized carbons (Fsp3) is 0.231. The molecule has 2 rings (SSSR count). The molecular formula is C13H16N4O. The third-order valence-electron chi connectivity index (χ3n) is 2.49. The maximum atomic E-state index is 9.21. The number of nitrogens with zero attached hydrogens (tertiary/aromatic N) is 2. The number of hydrogen-bond donors (Lipinski definition) is 3. The molecule has 0 bridgehead atoms. The van der Waals surface area contributed by atoms with Gasteiger partial charge in [0.1, 0.15) is 5.75 Å². The van der Waals surface area contributed by atoms with Crippen LogP contribution in [0.5, 0.6) is 5.75 Å². The van der Waals surface area contributed by atoms with Crippen molar-refractivity contribution in [2.75, 3.05) is 18.4 Å². The summed E-state index contributed by atoms with van der Waals surface area (Å²) in [5.74, 6) is 0.873. The first-order valence-corrected chi connectivity index (χ1v) is 5.85. The van der Waals surface area contributed by atoms with Gasteiger partial charge >= 0.3 is 0 Å². The first-order chi connectivity index (χ1) is 8.79. The molecule has 0 radical (unpaired) electrons. The topological polar surface area (TPSA) is 84.1 Å². The van der Waals surface area contributed by atoms with Crippen LogP contribution in [-0.4, -0.2) is 28.2 Å². The minimum atomic E-state index is 0.235. The molecular weight excluding hydrogens is 228 g/mol. The van der Waals surface area contributed by atoms with E-state index in [1.165, 1.54) is 0 Å². The van der Waals surface area contributed by atoms with Crippen LogP contribution in [0.2, 0.25) is 0 Å². The zero-order valence-electron chi connectivity index (χ0n) is 10.0. The number of aromatic hydroxyl groups is 1. The lowest BCUT2D eigenvalue weighted by molar-refractivity contribution is 0.475. The SMILES string of the molecule is NCCCNc1cnc(-c2ccc(O)cc2)nc1. The molecule has 0 fully saturated rings. The Morgan fingerprint density at radius 2 is 1.78 bits per heavy atom. The second kappa shape index (κ2) is 5.97. The first-order valence-electron chi connectivity index (χ1n) is 5.85. The Labute approximate surface area is 106 Å². The van der Waals surface area contributed by atoms with Crippen LogP contribution in [0.15, 0.2) is 36.7 Å². The summed E-state index contributed by atoms with van der Waals surface area (Å²) in [6.07, 6.45) is 4.40. The summed E-state index contributed by atoms with van der Waals surface area (Å²) in [7, 11) is 0. The van der Waals surface area contributed by atoms with Crippen molar-refractivity contribution in [1.82, 2.24) is 9.97 Å². The lowest BCUT2D eigenvalue weighted by Gasteiger charge is -2.05. The quantitative estimate of drug-likeness (QED) is 0.696. The lowest BCUT2D eigenvalue weighted by atomic mass is 10.2. The maximum absolute atomic E-state index is 9.21. The van der Waals surface area contributed by atoms with Gasteiger partial charge in [-0.2, -0.15) is 0 Å². The van der Waals surface area contributed by atoms with Crippen LogP contribution in [-0.2, 0) is 0 Å². The van der Waals surface area contributed by atoms with Gasteiger partial charge in [-0.25, -0.2) is 9.97 Å². The molecule has 0 amide bonds. The molecule has 1 aromatic heterocycles. The molecule has 18 heavy (non-hydrogen) atoms. The van der Waals surface area contributed by atoms with Gasteiger partial charge < -0.3 is 16.2 Å². The van der Waals surface area contributed by atoms with Crippen molar-refractivity contribution in [3.8, 4) is 17.1 Å². The molecule has 1 heterocycles. The predicted molar refractivity (Wildman–Crippen MR) is 71.3 cm³/mol. The van der Waals surface area contributed by atoms with Gasteiger partial charge in [-0.3, -0.25) is 0 Å². The highest BCUT2D eigenvalue weighted by molar-refractivity contribution is 5.57. The molecule has 0 saturated carbocycles. The van der Waals surface area contributed by atoms with Crippen LogP contribution in [0.4, 0.5) is 5.69 Å². The summed E-state index contributed by atoms with van der Waals surface area (Å²) >= 11 is 0. The van der Waals surface area contributed by atoms with Gasteiger partial charge in [0.05, 0.1) is 18.1 Å². The lowest BCUT2D eigenvalue weighted by Crippen LogP contribution is -2.08. The first kappa shape index (κ1) is 12.3. The molecule has 5 heteroatoms. The number of rotatable bonds is 5. The minimum Gasteiger partial charge on any atom is -0.508 e. The van der Waals surface area contributed by atoms with Gasteiger partial charge in [-0.05, 0) is 37.2 Å². The number of aromatic nitrogens is 2. The Morgan fingerprint density at radius 1 is 1.11 bits per heavy atom. The molecule has 0 saturated heterocycles. The van der Waals surface area contributed by atoms with E-state index in [-0.39, 0.29) is 5.75 Å². The second-order valence-electron chi connectivity index (χ2n) is 3.91. The number of phenolic OH excluding ortho intramolecular Hbond substituents is 1. The van der Waals surface area contributed by atoms with Crippen molar-refractivity contribution in [3.63, 3.8) is 0 Å². The summed E-state index contributed by atoms with van der Waals surface area (Å²) in [6, 6.07) is 6.80. The highest BCUT2D eigenvalue weighted by Crippen LogP contribution is 2.18. The number of hydrogen-bond acceptors (Lipinski definition) is 5. The number of anilines is 1.